The SMILES string of the molecule is OCl.OCl.[AlH3].[AlH3]. The van der Waals surface area contributed by atoms with E-state index in [4.69, 9.17) is 9.32 Å². The fourth-order valence-electron chi connectivity index (χ4n) is 0. The highest BCUT2D eigenvalue weighted by molar-refractivity contribution is 6.05. The Labute approximate surface area is 67.7 Å². The molecule has 2 nitrogen and oxygen atoms in total. The Morgan fingerprint density at radius 1 is 0.667 bits per heavy atom. The van der Waals surface area contributed by atoms with E-state index in [1.165, 1.54) is 0 Å². The highest BCUT2D eigenvalue weighted by Crippen LogP contribution is 1.32. The van der Waals surface area contributed by atoms with Gasteiger partial charge in [0.05, 0.1) is 23.7 Å². The molecule has 0 aromatic rings. The van der Waals surface area contributed by atoms with Crippen LogP contribution in [0.25, 0.3) is 0 Å². The molecule has 0 aliphatic rings. The summed E-state index contributed by atoms with van der Waals surface area (Å²) in [4.78, 5) is 0. The van der Waals surface area contributed by atoms with Crippen LogP contribution >= 0.6 is 23.7 Å². The fourth-order valence-corrected chi connectivity index (χ4v) is 0. The summed E-state index contributed by atoms with van der Waals surface area (Å²) in [6.07, 6.45) is 0. The molecule has 0 radical (unpaired) electrons. The summed E-state index contributed by atoms with van der Waals surface area (Å²) >= 11 is 7.28. The smallest absolute Gasteiger partial charge is 0.187 e. The molecule has 0 aromatic heterocycles. The van der Waals surface area contributed by atoms with Gasteiger partial charge in [-0.2, -0.15) is 0 Å². The van der Waals surface area contributed by atoms with Gasteiger partial charge < -0.3 is 0 Å². The second-order valence-electron chi connectivity index (χ2n) is 0. The van der Waals surface area contributed by atoms with Crippen molar-refractivity contribution >= 4 is 58.5 Å². The largest absolute Gasteiger partial charge is 0.295 e. The maximum absolute atomic E-state index is 6.47. The van der Waals surface area contributed by atoms with E-state index in [0.29, 0.717) is 0 Å². The number of hydrogen-bond donors (Lipinski definition) is 2. The van der Waals surface area contributed by atoms with E-state index >= 15 is 0 Å². The van der Waals surface area contributed by atoms with Crippen LogP contribution in [0.4, 0.5) is 0 Å². The number of rotatable bonds is 0. The molecule has 0 spiro atoms. The molecule has 0 amide bonds. The normalized spacial score (nSPS) is 2.00. The quantitative estimate of drug-likeness (QED) is 0.403. The van der Waals surface area contributed by atoms with Crippen LogP contribution in [0.1, 0.15) is 0 Å². The van der Waals surface area contributed by atoms with Gasteiger partial charge in [0.15, 0.2) is 34.7 Å². The highest BCUT2D eigenvalue weighted by Gasteiger charge is 0.899. The van der Waals surface area contributed by atoms with Crippen LogP contribution in [0.15, 0.2) is 0 Å². The van der Waals surface area contributed by atoms with Gasteiger partial charge in [-0.25, -0.2) is 0 Å². The summed E-state index contributed by atoms with van der Waals surface area (Å²) in [6, 6.07) is 0. The van der Waals surface area contributed by atoms with E-state index in [1.54, 1.807) is 0 Å². The van der Waals surface area contributed by atoms with E-state index in [-0.39, 0.29) is 34.7 Å². The molecule has 0 saturated carbocycles. The number of hydrogen-bond acceptors (Lipinski definition) is 2. The Balaban J connectivity index is -0.00000000500. The Morgan fingerprint density at radius 2 is 0.667 bits per heavy atom. The summed E-state index contributed by atoms with van der Waals surface area (Å²) in [5.74, 6) is 0. The van der Waals surface area contributed by atoms with Crippen LogP contribution in [0.2, 0.25) is 0 Å². The fraction of sp³-hybridized carbons (Fsp3) is 0. The average molecular weight is 165 g/mol. The second kappa shape index (κ2) is 83.0. The Hall–Kier alpha value is 1.56. The van der Waals surface area contributed by atoms with Crippen LogP contribution in [0, 0.1) is 0 Å². The van der Waals surface area contributed by atoms with Crippen molar-refractivity contribution in [3.63, 3.8) is 0 Å². The van der Waals surface area contributed by atoms with Crippen LogP contribution in [-0.4, -0.2) is 44.0 Å². The molecule has 0 aliphatic heterocycles. The first-order valence-electron chi connectivity index (χ1n) is 0.338. The van der Waals surface area contributed by atoms with Crippen molar-refractivity contribution < 1.29 is 9.32 Å². The zero-order chi connectivity index (χ0) is 4.00. The predicted octanol–water partition coefficient (Wildman–Crippen LogP) is -2.10. The summed E-state index contributed by atoms with van der Waals surface area (Å²) in [7, 11) is 0. The highest BCUT2D eigenvalue weighted by atomic mass is 35.5. The molecule has 40 valence electrons. The number of halogens is 2. The molecule has 0 rings (SSSR count). The van der Waals surface area contributed by atoms with Gasteiger partial charge in [0.25, 0.3) is 0 Å². The van der Waals surface area contributed by atoms with Gasteiger partial charge in [-0.05, 0) is 0 Å². The van der Waals surface area contributed by atoms with Crippen molar-refractivity contribution in [1.29, 1.82) is 0 Å². The van der Waals surface area contributed by atoms with Crippen molar-refractivity contribution in [3.8, 4) is 0 Å². The van der Waals surface area contributed by atoms with Crippen molar-refractivity contribution in [2.45, 2.75) is 0 Å². The third-order valence-corrected chi connectivity index (χ3v) is 0. The lowest BCUT2D eigenvalue weighted by Gasteiger charge is -1.13. The van der Waals surface area contributed by atoms with Gasteiger partial charge in [-0.1, -0.05) is 0 Å². The van der Waals surface area contributed by atoms with Gasteiger partial charge in [0.2, 0.25) is 0 Å². The molecule has 2 N–H and O–H groups in total. The molecule has 0 fully saturated rings. The Kier molecular flexibility index (Phi) is 355. The third kappa shape index (κ3) is 47.4. The first-order chi connectivity index (χ1) is 2.00. The Bertz CT molecular complexity index is 9.51. The van der Waals surface area contributed by atoms with Gasteiger partial charge in [0, 0.05) is 0 Å². The summed E-state index contributed by atoms with van der Waals surface area (Å²) < 4.78 is 12.9. The van der Waals surface area contributed by atoms with E-state index in [2.05, 4.69) is 23.7 Å². The molecular formula is H8Al2Cl2O2. The molecule has 0 aliphatic carbocycles. The van der Waals surface area contributed by atoms with Crippen LogP contribution in [-0.2, 0) is 0 Å². The van der Waals surface area contributed by atoms with E-state index in [9.17, 15) is 0 Å². The lowest BCUT2D eigenvalue weighted by atomic mass is 15.9. The van der Waals surface area contributed by atoms with Crippen LogP contribution in [0.3, 0.4) is 0 Å². The second-order valence-corrected chi connectivity index (χ2v) is 0. The Morgan fingerprint density at radius 3 is 0.667 bits per heavy atom. The lowest BCUT2D eigenvalue weighted by Crippen LogP contribution is -0.913. The van der Waals surface area contributed by atoms with Gasteiger partial charge >= 0.3 is 0 Å². The standard InChI is InChI=1S/2Al.2ClHO.6H/c;;2*1-2;;;;;;/h;;2*2H;;;;;;. The predicted molar refractivity (Wildman–Crippen MR) is 36.0 cm³/mol. The zero-order valence-electron chi connectivity index (χ0n) is 1.65. The van der Waals surface area contributed by atoms with Gasteiger partial charge in [-0.15, -0.1) is 0 Å². The molecule has 0 aromatic carbocycles. The first kappa shape index (κ1) is 25.7. The zero-order valence-corrected chi connectivity index (χ0v) is 3.16. The minimum Gasteiger partial charge on any atom is -0.295 e. The minimum atomic E-state index is 0. The minimum absolute atomic E-state index is 0. The molecular weight excluding hydrogens is 157 g/mol. The van der Waals surface area contributed by atoms with Crippen molar-refractivity contribution in [1.82, 2.24) is 0 Å². The van der Waals surface area contributed by atoms with Crippen LogP contribution < -0.4 is 0 Å². The monoisotopic (exact) mass is 164 g/mol. The van der Waals surface area contributed by atoms with Gasteiger partial charge in [0.1, 0.15) is 0 Å². The summed E-state index contributed by atoms with van der Waals surface area (Å²) in [6.45, 7) is 0. The molecule has 6 heavy (non-hydrogen) atoms. The molecule has 0 heterocycles. The maximum atomic E-state index is 6.47. The molecule has 0 unspecified atom stereocenters. The van der Waals surface area contributed by atoms with Gasteiger partial charge in [-0.3, -0.25) is 9.32 Å². The van der Waals surface area contributed by atoms with Crippen LogP contribution in [0.5, 0.6) is 0 Å². The molecule has 0 bridgehead atoms. The van der Waals surface area contributed by atoms with Crippen molar-refractivity contribution in [2.75, 3.05) is 0 Å². The lowest BCUT2D eigenvalue weighted by molar-refractivity contribution is 0.632. The van der Waals surface area contributed by atoms with E-state index < -0.39 is 0 Å². The summed E-state index contributed by atoms with van der Waals surface area (Å²) in [5.41, 5.74) is 0. The van der Waals surface area contributed by atoms with E-state index in [0.717, 1.165) is 0 Å². The third-order valence-electron chi connectivity index (χ3n) is 0. The van der Waals surface area contributed by atoms with Crippen molar-refractivity contribution in [3.05, 3.63) is 0 Å². The topological polar surface area (TPSA) is 40.5 Å². The molecule has 6 heteroatoms. The summed E-state index contributed by atoms with van der Waals surface area (Å²) in [5, 5.41) is 0. The maximum Gasteiger partial charge on any atom is 0.187 e. The van der Waals surface area contributed by atoms with Crippen molar-refractivity contribution in [2.24, 2.45) is 0 Å². The molecule has 0 saturated heterocycles. The molecule has 0 atom stereocenters. The average Bonchev–Trinajstić information content (AvgIpc) is 1.50. The van der Waals surface area contributed by atoms with E-state index in [1.807, 2.05) is 0 Å². The first-order valence-corrected chi connectivity index (χ1v) is 1.01.